The van der Waals surface area contributed by atoms with E-state index in [1.165, 1.54) is 12.8 Å². The molecule has 1 aliphatic rings. The maximum absolute atomic E-state index is 12.0. The Morgan fingerprint density at radius 1 is 1.31 bits per heavy atom. The summed E-state index contributed by atoms with van der Waals surface area (Å²) in [7, 11) is 1.62. The zero-order valence-corrected chi connectivity index (χ0v) is 15.7. The SMILES string of the molecule is CCCCCCOc1c(CCN2CC(C(=O)O)CC2=O)cccc1OC. The van der Waals surface area contributed by atoms with Gasteiger partial charge in [0, 0.05) is 19.5 Å². The first-order valence-corrected chi connectivity index (χ1v) is 9.36. The molecule has 6 nitrogen and oxygen atoms in total. The molecule has 1 N–H and O–H groups in total. The number of hydrogen-bond acceptors (Lipinski definition) is 4. The molecule has 2 rings (SSSR count). The number of rotatable bonds is 11. The number of aliphatic carboxylic acids is 1. The molecule has 0 spiro atoms. The molecule has 1 amide bonds. The van der Waals surface area contributed by atoms with E-state index < -0.39 is 11.9 Å². The minimum absolute atomic E-state index is 0.0915. The lowest BCUT2D eigenvalue weighted by atomic mass is 10.1. The molecule has 144 valence electrons. The Morgan fingerprint density at radius 3 is 2.77 bits per heavy atom. The Bertz CT molecular complexity index is 616. The number of methoxy groups -OCH3 is 1. The monoisotopic (exact) mass is 363 g/mol. The van der Waals surface area contributed by atoms with Crippen molar-refractivity contribution >= 4 is 11.9 Å². The maximum atomic E-state index is 12.0. The van der Waals surface area contributed by atoms with E-state index in [1.807, 2.05) is 18.2 Å². The van der Waals surface area contributed by atoms with Crippen LogP contribution in [0.4, 0.5) is 0 Å². The van der Waals surface area contributed by atoms with Gasteiger partial charge in [-0.3, -0.25) is 9.59 Å². The van der Waals surface area contributed by atoms with Crippen LogP contribution in [0, 0.1) is 5.92 Å². The summed E-state index contributed by atoms with van der Waals surface area (Å²) >= 11 is 0. The van der Waals surface area contributed by atoms with Crippen molar-refractivity contribution in [1.29, 1.82) is 0 Å². The van der Waals surface area contributed by atoms with Crippen LogP contribution in [0.2, 0.25) is 0 Å². The number of ether oxygens (including phenoxy) is 2. The molecule has 0 radical (unpaired) electrons. The van der Waals surface area contributed by atoms with Crippen LogP contribution in [0.1, 0.15) is 44.6 Å². The number of para-hydroxylation sites is 1. The molecule has 0 aliphatic carbocycles. The average Bonchev–Trinajstić information content (AvgIpc) is 3.01. The minimum atomic E-state index is -0.904. The second-order valence-corrected chi connectivity index (χ2v) is 6.69. The van der Waals surface area contributed by atoms with Gasteiger partial charge in [0.2, 0.25) is 5.91 Å². The lowest BCUT2D eigenvalue weighted by molar-refractivity contribution is -0.141. The Labute approximate surface area is 155 Å². The molecule has 1 fully saturated rings. The molecule has 6 heteroatoms. The molecule has 0 bridgehead atoms. The zero-order valence-electron chi connectivity index (χ0n) is 15.7. The first-order valence-electron chi connectivity index (χ1n) is 9.36. The Hall–Kier alpha value is -2.24. The highest BCUT2D eigenvalue weighted by Gasteiger charge is 2.33. The van der Waals surface area contributed by atoms with Crippen molar-refractivity contribution in [2.24, 2.45) is 5.92 Å². The highest BCUT2D eigenvalue weighted by Crippen LogP contribution is 2.32. The predicted octanol–water partition coefficient (Wildman–Crippen LogP) is 3.13. The van der Waals surface area contributed by atoms with Gasteiger partial charge in [-0.15, -0.1) is 0 Å². The first-order chi connectivity index (χ1) is 12.6. The van der Waals surface area contributed by atoms with Gasteiger partial charge in [0.15, 0.2) is 11.5 Å². The van der Waals surface area contributed by atoms with E-state index >= 15 is 0 Å². The highest BCUT2D eigenvalue weighted by molar-refractivity contribution is 5.86. The van der Waals surface area contributed by atoms with Gasteiger partial charge in [0.05, 0.1) is 19.6 Å². The number of carboxylic acids is 1. The van der Waals surface area contributed by atoms with E-state index in [1.54, 1.807) is 12.0 Å². The number of unbranched alkanes of at least 4 members (excludes halogenated alkanes) is 3. The third kappa shape index (κ3) is 5.38. The molecule has 1 saturated heterocycles. The van der Waals surface area contributed by atoms with Gasteiger partial charge in [-0.25, -0.2) is 0 Å². The van der Waals surface area contributed by atoms with E-state index in [0.717, 1.165) is 24.2 Å². The van der Waals surface area contributed by atoms with E-state index in [0.29, 0.717) is 25.3 Å². The summed E-state index contributed by atoms with van der Waals surface area (Å²) in [5.41, 5.74) is 0.978. The molecular formula is C20H29NO5. The van der Waals surface area contributed by atoms with Crippen molar-refractivity contribution in [3.63, 3.8) is 0 Å². The van der Waals surface area contributed by atoms with Crippen LogP contribution in [-0.4, -0.2) is 48.7 Å². The number of carboxylic acid groups (broad SMARTS) is 1. The largest absolute Gasteiger partial charge is 0.493 e. The van der Waals surface area contributed by atoms with Crippen LogP contribution in [0.3, 0.4) is 0 Å². The summed E-state index contributed by atoms with van der Waals surface area (Å²) in [4.78, 5) is 24.7. The first kappa shape index (κ1) is 20.1. The van der Waals surface area contributed by atoms with Crippen LogP contribution in [0.15, 0.2) is 18.2 Å². The van der Waals surface area contributed by atoms with Crippen molar-refractivity contribution < 1.29 is 24.2 Å². The van der Waals surface area contributed by atoms with Gasteiger partial charge in [-0.05, 0) is 24.5 Å². The summed E-state index contributed by atoms with van der Waals surface area (Å²) in [5.74, 6) is -0.176. The van der Waals surface area contributed by atoms with Crippen LogP contribution in [0.25, 0.3) is 0 Å². The summed E-state index contributed by atoms with van der Waals surface area (Å²) in [5, 5.41) is 9.09. The molecule has 26 heavy (non-hydrogen) atoms. The van der Waals surface area contributed by atoms with E-state index in [9.17, 15) is 9.59 Å². The fourth-order valence-corrected chi connectivity index (χ4v) is 3.19. The van der Waals surface area contributed by atoms with E-state index in [-0.39, 0.29) is 18.9 Å². The number of carbonyl (C=O) groups is 2. The molecule has 1 heterocycles. The van der Waals surface area contributed by atoms with Crippen molar-refractivity contribution in [3.05, 3.63) is 23.8 Å². The molecule has 1 unspecified atom stereocenters. The van der Waals surface area contributed by atoms with Crippen molar-refractivity contribution in [1.82, 2.24) is 4.90 Å². The van der Waals surface area contributed by atoms with Crippen LogP contribution >= 0.6 is 0 Å². The molecule has 0 aromatic heterocycles. The second-order valence-electron chi connectivity index (χ2n) is 6.69. The van der Waals surface area contributed by atoms with Gasteiger partial charge in [-0.1, -0.05) is 38.3 Å². The molecular weight excluding hydrogens is 334 g/mol. The number of nitrogens with zero attached hydrogens (tertiary/aromatic N) is 1. The summed E-state index contributed by atoms with van der Waals surface area (Å²) in [6.45, 7) is 3.58. The van der Waals surface area contributed by atoms with Gasteiger partial charge in [0.1, 0.15) is 0 Å². The molecule has 1 aromatic carbocycles. The van der Waals surface area contributed by atoms with Crippen LogP contribution in [-0.2, 0) is 16.0 Å². The summed E-state index contributed by atoms with van der Waals surface area (Å²) in [6, 6.07) is 5.75. The highest BCUT2D eigenvalue weighted by atomic mass is 16.5. The number of amides is 1. The smallest absolute Gasteiger partial charge is 0.308 e. The fraction of sp³-hybridized carbons (Fsp3) is 0.600. The molecule has 1 aromatic rings. The topological polar surface area (TPSA) is 76.1 Å². The minimum Gasteiger partial charge on any atom is -0.493 e. The van der Waals surface area contributed by atoms with Gasteiger partial charge in [-0.2, -0.15) is 0 Å². The van der Waals surface area contributed by atoms with Crippen molar-refractivity contribution in [2.45, 2.75) is 45.4 Å². The van der Waals surface area contributed by atoms with E-state index in [2.05, 4.69) is 6.92 Å². The third-order valence-electron chi connectivity index (χ3n) is 4.74. The van der Waals surface area contributed by atoms with Crippen LogP contribution < -0.4 is 9.47 Å². The number of carbonyl (C=O) groups excluding carboxylic acids is 1. The van der Waals surface area contributed by atoms with Crippen LogP contribution in [0.5, 0.6) is 11.5 Å². The zero-order chi connectivity index (χ0) is 18.9. The molecule has 1 atom stereocenters. The maximum Gasteiger partial charge on any atom is 0.308 e. The Morgan fingerprint density at radius 2 is 2.12 bits per heavy atom. The molecule has 1 aliphatic heterocycles. The lowest BCUT2D eigenvalue weighted by Crippen LogP contribution is -2.28. The van der Waals surface area contributed by atoms with Crippen molar-refractivity contribution in [3.8, 4) is 11.5 Å². The number of hydrogen-bond donors (Lipinski definition) is 1. The predicted molar refractivity (Wildman–Crippen MR) is 98.7 cm³/mol. The Kier molecular flexibility index (Phi) is 7.75. The van der Waals surface area contributed by atoms with Gasteiger partial charge in [0.25, 0.3) is 0 Å². The standard InChI is InChI=1S/C20H29NO5/c1-3-4-5-6-12-26-19-15(8-7-9-17(19)25-2)10-11-21-14-16(20(23)24)13-18(21)22/h7-9,16H,3-6,10-14H2,1-2H3,(H,23,24). The molecule has 0 saturated carbocycles. The summed E-state index contributed by atoms with van der Waals surface area (Å²) in [6.07, 6.45) is 5.22. The number of benzene rings is 1. The lowest BCUT2D eigenvalue weighted by Gasteiger charge is -2.19. The van der Waals surface area contributed by atoms with Gasteiger partial charge < -0.3 is 19.5 Å². The fourth-order valence-electron chi connectivity index (χ4n) is 3.19. The van der Waals surface area contributed by atoms with Crippen molar-refractivity contribution in [2.75, 3.05) is 26.8 Å². The average molecular weight is 363 g/mol. The van der Waals surface area contributed by atoms with E-state index in [4.69, 9.17) is 14.6 Å². The van der Waals surface area contributed by atoms with Gasteiger partial charge >= 0.3 is 5.97 Å². The Balaban J connectivity index is 1.97. The summed E-state index contributed by atoms with van der Waals surface area (Å²) < 4.78 is 11.4. The third-order valence-corrected chi connectivity index (χ3v) is 4.74. The second kappa shape index (κ2) is 10.0. The quantitative estimate of drug-likeness (QED) is 0.611. The normalized spacial score (nSPS) is 16.8. The number of likely N-dealkylation sites (tertiary alicyclic amines) is 1.